The van der Waals surface area contributed by atoms with E-state index in [9.17, 15) is 8.78 Å². The van der Waals surface area contributed by atoms with Gasteiger partial charge in [0, 0.05) is 12.8 Å². The number of rotatable bonds is 1. The van der Waals surface area contributed by atoms with Crippen LogP contribution in [0.4, 0.5) is 8.78 Å². The van der Waals surface area contributed by atoms with E-state index >= 15 is 0 Å². The molecule has 0 aromatic rings. The number of halogens is 2. The third-order valence-electron chi connectivity index (χ3n) is 4.58. The fraction of sp³-hybridized carbons (Fsp3) is 1.00. The van der Waals surface area contributed by atoms with Gasteiger partial charge in [0.1, 0.15) is 0 Å². The molecule has 0 atom stereocenters. The van der Waals surface area contributed by atoms with E-state index in [1.54, 1.807) is 0 Å². The van der Waals surface area contributed by atoms with Gasteiger partial charge in [-0.3, -0.25) is 0 Å². The monoisotopic (exact) mass is 230 g/mol. The van der Waals surface area contributed by atoms with Gasteiger partial charge in [0.2, 0.25) is 5.92 Å². The maximum Gasteiger partial charge on any atom is 0.248 e. The molecule has 0 saturated heterocycles. The second-order valence-corrected chi connectivity index (χ2v) is 5.80. The van der Waals surface area contributed by atoms with E-state index in [4.69, 9.17) is 0 Å². The first-order chi connectivity index (χ1) is 7.67. The lowest BCUT2D eigenvalue weighted by Gasteiger charge is -2.34. The van der Waals surface area contributed by atoms with Gasteiger partial charge in [0.05, 0.1) is 0 Å². The van der Waals surface area contributed by atoms with Crippen LogP contribution in [0, 0.1) is 11.8 Å². The van der Waals surface area contributed by atoms with Crippen LogP contribution in [0.2, 0.25) is 0 Å². The maximum absolute atomic E-state index is 13.1. The minimum atomic E-state index is -2.35. The number of hydrogen-bond acceptors (Lipinski definition) is 0. The van der Waals surface area contributed by atoms with E-state index in [-0.39, 0.29) is 12.8 Å². The Labute approximate surface area is 97.8 Å². The van der Waals surface area contributed by atoms with E-state index < -0.39 is 5.92 Å². The Morgan fingerprint density at radius 2 is 1.06 bits per heavy atom. The van der Waals surface area contributed by atoms with Gasteiger partial charge in [0.25, 0.3) is 0 Å². The smallest absolute Gasteiger partial charge is 0.207 e. The lowest BCUT2D eigenvalue weighted by atomic mass is 9.74. The Hall–Kier alpha value is -0.140. The van der Waals surface area contributed by atoms with Gasteiger partial charge in [-0.15, -0.1) is 0 Å². The summed E-state index contributed by atoms with van der Waals surface area (Å²) in [6, 6.07) is 0. The fourth-order valence-corrected chi connectivity index (χ4v) is 3.49. The van der Waals surface area contributed by atoms with Crippen molar-refractivity contribution in [3.63, 3.8) is 0 Å². The van der Waals surface area contributed by atoms with Crippen molar-refractivity contribution in [1.29, 1.82) is 0 Å². The van der Waals surface area contributed by atoms with Crippen LogP contribution in [0.3, 0.4) is 0 Å². The Morgan fingerprint density at radius 3 is 1.62 bits per heavy atom. The zero-order valence-corrected chi connectivity index (χ0v) is 10.2. The fourth-order valence-electron chi connectivity index (χ4n) is 3.49. The van der Waals surface area contributed by atoms with Gasteiger partial charge in [-0.2, -0.15) is 0 Å². The van der Waals surface area contributed by atoms with Crippen LogP contribution in [0.15, 0.2) is 0 Å². The molecular formula is C14H24F2. The normalized spacial score (nSPS) is 29.6. The largest absolute Gasteiger partial charge is 0.248 e. The summed E-state index contributed by atoms with van der Waals surface area (Å²) in [5, 5.41) is 0. The summed E-state index contributed by atoms with van der Waals surface area (Å²) in [5.41, 5.74) is 0. The second kappa shape index (κ2) is 5.46. The number of alkyl halides is 2. The summed E-state index contributed by atoms with van der Waals surface area (Å²) in [7, 11) is 0. The van der Waals surface area contributed by atoms with Crippen molar-refractivity contribution in [2.75, 3.05) is 0 Å². The molecule has 2 fully saturated rings. The minimum absolute atomic E-state index is 0.147. The van der Waals surface area contributed by atoms with Crippen molar-refractivity contribution in [1.82, 2.24) is 0 Å². The Kier molecular flexibility index (Phi) is 4.21. The van der Waals surface area contributed by atoms with Crippen LogP contribution in [0.1, 0.15) is 70.6 Å². The van der Waals surface area contributed by atoms with Crippen molar-refractivity contribution in [3.05, 3.63) is 0 Å². The molecule has 0 aliphatic heterocycles. The lowest BCUT2D eigenvalue weighted by molar-refractivity contribution is -0.0535. The highest BCUT2D eigenvalue weighted by Crippen LogP contribution is 2.42. The Bertz CT molecular complexity index is 195. The van der Waals surface area contributed by atoms with Crippen LogP contribution in [0.25, 0.3) is 0 Å². The third-order valence-corrected chi connectivity index (χ3v) is 4.58. The van der Waals surface area contributed by atoms with Crippen molar-refractivity contribution in [3.8, 4) is 0 Å². The topological polar surface area (TPSA) is 0 Å². The molecule has 0 aromatic heterocycles. The van der Waals surface area contributed by atoms with Crippen LogP contribution in [-0.2, 0) is 0 Å². The van der Waals surface area contributed by atoms with Gasteiger partial charge >= 0.3 is 0 Å². The molecule has 94 valence electrons. The predicted molar refractivity (Wildman–Crippen MR) is 62.7 cm³/mol. The molecule has 0 heterocycles. The average molecular weight is 230 g/mol. The van der Waals surface area contributed by atoms with Gasteiger partial charge < -0.3 is 0 Å². The molecule has 2 heteroatoms. The summed E-state index contributed by atoms with van der Waals surface area (Å²) in [6.07, 6.45) is 11.2. The maximum atomic E-state index is 13.1. The molecule has 0 unspecified atom stereocenters. The first-order valence-electron chi connectivity index (χ1n) is 7.05. The van der Waals surface area contributed by atoms with Gasteiger partial charge in [-0.05, 0) is 24.7 Å². The third kappa shape index (κ3) is 3.43. The molecule has 0 spiro atoms. The molecule has 0 nitrogen and oxygen atoms in total. The summed E-state index contributed by atoms with van der Waals surface area (Å²) in [6.45, 7) is 0. The predicted octanol–water partition coefficient (Wildman–Crippen LogP) is 5.17. The molecular weight excluding hydrogens is 206 g/mol. The highest BCUT2D eigenvalue weighted by atomic mass is 19.3. The van der Waals surface area contributed by atoms with E-state index in [1.807, 2.05) is 0 Å². The molecule has 2 aliphatic rings. The van der Waals surface area contributed by atoms with Crippen molar-refractivity contribution >= 4 is 0 Å². The Balaban J connectivity index is 1.82. The summed E-state index contributed by atoms with van der Waals surface area (Å²) < 4.78 is 26.2. The minimum Gasteiger partial charge on any atom is -0.207 e. The molecule has 2 saturated carbocycles. The van der Waals surface area contributed by atoms with Crippen LogP contribution in [-0.4, -0.2) is 5.92 Å². The molecule has 0 amide bonds. The van der Waals surface area contributed by atoms with Crippen molar-refractivity contribution in [2.45, 2.75) is 76.6 Å². The average Bonchev–Trinajstić information content (AvgIpc) is 2.18. The highest BCUT2D eigenvalue weighted by Gasteiger charge is 2.37. The molecule has 0 radical (unpaired) electrons. The zero-order chi connectivity index (χ0) is 11.4. The van der Waals surface area contributed by atoms with Crippen LogP contribution >= 0.6 is 0 Å². The first-order valence-corrected chi connectivity index (χ1v) is 7.05. The SMILES string of the molecule is FC1(F)CCC(C2CCCCCCC2)CC1. The first kappa shape index (κ1) is 12.3. The molecule has 0 bridgehead atoms. The summed E-state index contributed by atoms with van der Waals surface area (Å²) in [5.74, 6) is -0.980. The van der Waals surface area contributed by atoms with Gasteiger partial charge in [-0.25, -0.2) is 8.78 Å². The van der Waals surface area contributed by atoms with Crippen LogP contribution in [0.5, 0.6) is 0 Å². The van der Waals surface area contributed by atoms with E-state index in [1.165, 1.54) is 44.9 Å². The number of hydrogen-bond donors (Lipinski definition) is 0. The van der Waals surface area contributed by atoms with Crippen molar-refractivity contribution in [2.24, 2.45) is 11.8 Å². The molecule has 2 aliphatic carbocycles. The summed E-state index contributed by atoms with van der Waals surface area (Å²) >= 11 is 0. The lowest BCUT2D eigenvalue weighted by Crippen LogP contribution is -2.28. The Morgan fingerprint density at radius 1 is 0.625 bits per heavy atom. The quantitative estimate of drug-likeness (QED) is 0.582. The molecule has 16 heavy (non-hydrogen) atoms. The highest BCUT2D eigenvalue weighted by molar-refractivity contribution is 4.82. The molecule has 0 aromatic carbocycles. The van der Waals surface area contributed by atoms with E-state index in [0.29, 0.717) is 5.92 Å². The van der Waals surface area contributed by atoms with Gasteiger partial charge in [-0.1, -0.05) is 44.9 Å². The van der Waals surface area contributed by atoms with Crippen molar-refractivity contribution < 1.29 is 8.78 Å². The zero-order valence-electron chi connectivity index (χ0n) is 10.2. The van der Waals surface area contributed by atoms with E-state index in [0.717, 1.165) is 18.8 Å². The molecule has 0 N–H and O–H groups in total. The molecule has 2 rings (SSSR count). The summed E-state index contributed by atoms with van der Waals surface area (Å²) in [4.78, 5) is 0. The van der Waals surface area contributed by atoms with Crippen LogP contribution < -0.4 is 0 Å². The van der Waals surface area contributed by atoms with Gasteiger partial charge in [0.15, 0.2) is 0 Å². The van der Waals surface area contributed by atoms with E-state index in [2.05, 4.69) is 0 Å². The standard InChI is InChI=1S/C14H24F2/c15-14(16)10-8-13(9-11-14)12-6-4-2-1-3-5-7-12/h12-13H,1-11H2. The second-order valence-electron chi connectivity index (χ2n) is 5.80.